The molecule has 1 aliphatic carbocycles. The maximum Gasteiger partial charge on any atom is 0.263 e. The average Bonchev–Trinajstić information content (AvgIpc) is 2.91. The molecule has 1 aliphatic rings. The maximum atomic E-state index is 12.5. The van der Waals surface area contributed by atoms with Gasteiger partial charge in [0.05, 0.1) is 10.8 Å². The Bertz CT molecular complexity index is 967. The number of nitrogens with one attached hydrogen (secondary N) is 2. The lowest BCUT2D eigenvalue weighted by atomic mass is 10.1. The Hall–Kier alpha value is -1.61. The van der Waals surface area contributed by atoms with Crippen molar-refractivity contribution < 1.29 is 13.2 Å². The van der Waals surface area contributed by atoms with Crippen LogP contribution in [0.3, 0.4) is 0 Å². The van der Waals surface area contributed by atoms with Crippen molar-refractivity contribution in [3.05, 3.63) is 46.4 Å². The van der Waals surface area contributed by atoms with Crippen LogP contribution in [0.15, 0.2) is 51.3 Å². The van der Waals surface area contributed by atoms with Crippen molar-refractivity contribution in [2.24, 2.45) is 17.3 Å². The Labute approximate surface area is 171 Å². The van der Waals surface area contributed by atoms with Gasteiger partial charge in [0, 0.05) is 17.3 Å². The molecule has 0 unspecified atom stereocenters. The molecular formula is C17H17Cl2N3O3S2. The summed E-state index contributed by atoms with van der Waals surface area (Å²) in [6.45, 7) is 3.93. The van der Waals surface area contributed by atoms with Gasteiger partial charge in [0.1, 0.15) is 4.49 Å². The molecule has 0 aliphatic heterocycles. The number of hydrogen-bond donors (Lipinski definition) is 2. The minimum Gasteiger partial charge on any atom is -0.326 e. The summed E-state index contributed by atoms with van der Waals surface area (Å²) in [6, 6.07) is 5.94. The molecule has 2 atom stereocenters. The van der Waals surface area contributed by atoms with Crippen LogP contribution in [0.4, 0.5) is 10.8 Å². The smallest absolute Gasteiger partial charge is 0.263 e. The van der Waals surface area contributed by atoms with E-state index in [1.165, 1.54) is 29.7 Å². The summed E-state index contributed by atoms with van der Waals surface area (Å²) in [5.74, 6) is -0.447. The standard InChI is InChI=1S/C17H17Cl2N3O3S2/c1-17(2)12(9-13(18)19)14(17)15(23)21-10-3-5-11(6-4-10)27(24,25)22-16-20-7-8-26-16/h3-9,12,14H,1-2H3,(H,20,22)(H,21,23)/t12-,14-/m1/s1. The van der Waals surface area contributed by atoms with Crippen molar-refractivity contribution in [3.63, 3.8) is 0 Å². The second-order valence-electron chi connectivity index (χ2n) is 6.74. The Kier molecular flexibility index (Phi) is 5.54. The highest BCUT2D eigenvalue weighted by Crippen LogP contribution is 2.60. The van der Waals surface area contributed by atoms with Gasteiger partial charge in [0.2, 0.25) is 5.91 Å². The zero-order chi connectivity index (χ0) is 19.8. The molecule has 1 amide bonds. The molecule has 0 bridgehead atoms. The largest absolute Gasteiger partial charge is 0.326 e. The number of benzene rings is 1. The molecule has 1 aromatic heterocycles. The second-order valence-corrected chi connectivity index (χ2v) is 10.3. The van der Waals surface area contributed by atoms with Crippen LogP contribution in [0, 0.1) is 17.3 Å². The predicted molar refractivity (Wildman–Crippen MR) is 109 cm³/mol. The van der Waals surface area contributed by atoms with Crippen molar-refractivity contribution in [3.8, 4) is 0 Å². The average molecular weight is 446 g/mol. The third kappa shape index (κ3) is 4.45. The van der Waals surface area contributed by atoms with Gasteiger partial charge in [-0.2, -0.15) is 0 Å². The summed E-state index contributed by atoms with van der Waals surface area (Å²) < 4.78 is 27.2. The summed E-state index contributed by atoms with van der Waals surface area (Å²) in [7, 11) is -3.73. The minimum absolute atomic E-state index is 0.0374. The van der Waals surface area contributed by atoms with Crippen molar-refractivity contribution in [1.82, 2.24) is 4.98 Å². The number of anilines is 2. The third-order valence-electron chi connectivity index (χ3n) is 4.58. The Morgan fingerprint density at radius 2 is 1.93 bits per heavy atom. The SMILES string of the molecule is CC1(C)[C@H](C=C(Cl)Cl)[C@@H]1C(=O)Nc1ccc(S(=O)(=O)Nc2nccs2)cc1. The van der Waals surface area contributed by atoms with Gasteiger partial charge in [-0.3, -0.25) is 9.52 Å². The van der Waals surface area contributed by atoms with Gasteiger partial charge in [0.25, 0.3) is 10.0 Å². The van der Waals surface area contributed by atoms with Crippen LogP contribution in [-0.4, -0.2) is 19.3 Å². The number of amides is 1. The molecular weight excluding hydrogens is 429 g/mol. The third-order valence-corrected chi connectivity index (χ3v) is 7.01. The highest BCUT2D eigenvalue weighted by Gasteiger charge is 2.60. The van der Waals surface area contributed by atoms with Crippen LogP contribution < -0.4 is 10.0 Å². The van der Waals surface area contributed by atoms with E-state index < -0.39 is 10.0 Å². The van der Waals surface area contributed by atoms with Crippen LogP contribution in [-0.2, 0) is 14.8 Å². The van der Waals surface area contributed by atoms with E-state index in [-0.39, 0.29) is 32.5 Å². The predicted octanol–water partition coefficient (Wildman–Crippen LogP) is 4.47. The number of rotatable bonds is 6. The lowest BCUT2D eigenvalue weighted by molar-refractivity contribution is -0.118. The molecule has 1 heterocycles. The monoisotopic (exact) mass is 445 g/mol. The molecule has 0 radical (unpaired) electrons. The number of nitrogens with zero attached hydrogens (tertiary/aromatic N) is 1. The highest BCUT2D eigenvalue weighted by atomic mass is 35.5. The van der Waals surface area contributed by atoms with Gasteiger partial charge in [0.15, 0.2) is 5.13 Å². The second kappa shape index (κ2) is 7.43. The molecule has 1 fully saturated rings. The number of carbonyl (C=O) groups excluding carboxylic acids is 1. The molecule has 3 rings (SSSR count). The van der Waals surface area contributed by atoms with E-state index in [1.807, 2.05) is 13.8 Å². The summed E-state index contributed by atoms with van der Waals surface area (Å²) in [4.78, 5) is 16.5. The van der Waals surface area contributed by atoms with Crippen molar-refractivity contribution >= 4 is 61.3 Å². The first-order valence-corrected chi connectivity index (χ1v) is 11.1. The van der Waals surface area contributed by atoms with E-state index in [0.717, 1.165) is 0 Å². The quantitative estimate of drug-likeness (QED) is 0.685. The fraction of sp³-hybridized carbons (Fsp3) is 0.294. The Balaban J connectivity index is 1.68. The first kappa shape index (κ1) is 20.1. The van der Waals surface area contributed by atoms with E-state index in [9.17, 15) is 13.2 Å². The molecule has 1 aromatic carbocycles. The Morgan fingerprint density at radius 1 is 1.26 bits per heavy atom. The number of halogens is 2. The van der Waals surface area contributed by atoms with Gasteiger partial charge < -0.3 is 5.32 Å². The van der Waals surface area contributed by atoms with E-state index in [0.29, 0.717) is 10.8 Å². The minimum atomic E-state index is -3.73. The number of carbonyl (C=O) groups is 1. The van der Waals surface area contributed by atoms with E-state index in [2.05, 4.69) is 15.0 Å². The number of aromatic nitrogens is 1. The van der Waals surface area contributed by atoms with Crippen molar-refractivity contribution in [2.75, 3.05) is 10.0 Å². The van der Waals surface area contributed by atoms with Crippen LogP contribution in [0.25, 0.3) is 0 Å². The first-order valence-electron chi connectivity index (χ1n) is 7.97. The Morgan fingerprint density at radius 3 is 2.48 bits per heavy atom. The molecule has 27 heavy (non-hydrogen) atoms. The molecule has 144 valence electrons. The zero-order valence-electron chi connectivity index (χ0n) is 14.4. The number of allylic oxidation sites excluding steroid dienone is 1. The highest BCUT2D eigenvalue weighted by molar-refractivity contribution is 7.93. The summed E-state index contributed by atoms with van der Waals surface area (Å²) in [5, 5.41) is 4.78. The summed E-state index contributed by atoms with van der Waals surface area (Å²) in [6.07, 6.45) is 3.19. The normalized spacial score (nSPS) is 20.6. The fourth-order valence-corrected chi connectivity index (χ4v) is 5.07. The summed E-state index contributed by atoms with van der Waals surface area (Å²) in [5.41, 5.74) is 0.274. The number of sulfonamides is 1. The van der Waals surface area contributed by atoms with E-state index in [4.69, 9.17) is 23.2 Å². The van der Waals surface area contributed by atoms with Crippen molar-refractivity contribution in [1.29, 1.82) is 0 Å². The van der Waals surface area contributed by atoms with Gasteiger partial charge in [-0.25, -0.2) is 13.4 Å². The van der Waals surface area contributed by atoms with Gasteiger partial charge >= 0.3 is 0 Å². The topological polar surface area (TPSA) is 88.2 Å². The van der Waals surface area contributed by atoms with Crippen LogP contribution >= 0.6 is 34.5 Å². The van der Waals surface area contributed by atoms with Crippen LogP contribution in [0.5, 0.6) is 0 Å². The lowest BCUT2D eigenvalue weighted by Gasteiger charge is -2.08. The van der Waals surface area contributed by atoms with Crippen LogP contribution in [0.1, 0.15) is 13.8 Å². The fourth-order valence-electron chi connectivity index (χ4n) is 3.01. The molecule has 2 N–H and O–H groups in total. The molecule has 6 nitrogen and oxygen atoms in total. The molecule has 0 saturated heterocycles. The molecule has 0 spiro atoms. The summed E-state index contributed by atoms with van der Waals surface area (Å²) >= 11 is 12.6. The van der Waals surface area contributed by atoms with E-state index >= 15 is 0 Å². The van der Waals surface area contributed by atoms with Crippen LogP contribution in [0.2, 0.25) is 0 Å². The maximum absolute atomic E-state index is 12.5. The van der Waals surface area contributed by atoms with Gasteiger partial charge in [-0.05, 0) is 41.7 Å². The number of thiazole rings is 1. The molecule has 2 aromatic rings. The van der Waals surface area contributed by atoms with Gasteiger partial charge in [-0.1, -0.05) is 37.0 Å². The molecule has 10 heteroatoms. The van der Waals surface area contributed by atoms with E-state index in [1.54, 1.807) is 23.6 Å². The van der Waals surface area contributed by atoms with Crippen molar-refractivity contribution in [2.45, 2.75) is 18.7 Å². The number of hydrogen-bond acceptors (Lipinski definition) is 5. The molecule has 1 saturated carbocycles. The zero-order valence-corrected chi connectivity index (χ0v) is 17.6. The van der Waals surface area contributed by atoms with Gasteiger partial charge in [-0.15, -0.1) is 11.3 Å². The lowest BCUT2D eigenvalue weighted by Crippen LogP contribution is -2.17. The first-order chi connectivity index (χ1) is 12.6.